The number of hydrogen-bond donors (Lipinski definition) is 0. The summed E-state index contributed by atoms with van der Waals surface area (Å²) in [4.78, 5) is 25.6. The number of carbonyl (C=O) groups excluding carboxylic acids is 2. The van der Waals surface area contributed by atoms with E-state index in [1.165, 1.54) is 18.2 Å². The van der Waals surface area contributed by atoms with Crippen LogP contribution in [0.25, 0.3) is 6.08 Å². The molecule has 0 aliphatic carbocycles. The van der Waals surface area contributed by atoms with E-state index >= 15 is 0 Å². The Morgan fingerprint density at radius 1 is 1.45 bits per heavy atom. The molecule has 0 bridgehead atoms. The lowest BCUT2D eigenvalue weighted by Gasteiger charge is -2.30. The first-order valence-corrected chi connectivity index (χ1v) is 7.49. The van der Waals surface area contributed by atoms with Crippen LogP contribution in [0, 0.1) is 11.7 Å². The molecule has 1 aliphatic heterocycles. The summed E-state index contributed by atoms with van der Waals surface area (Å²) in [6.45, 7) is 3.13. The number of amides is 1. The SMILES string of the molecule is CCOC(=O)C1CCCN(C(=O)C=Cc2cccc(F)c2)C1. The van der Waals surface area contributed by atoms with Crippen molar-refractivity contribution < 1.29 is 18.7 Å². The average molecular weight is 305 g/mol. The zero-order valence-electron chi connectivity index (χ0n) is 12.6. The molecule has 4 nitrogen and oxygen atoms in total. The molecule has 1 saturated heterocycles. The van der Waals surface area contributed by atoms with Crippen molar-refractivity contribution in [2.75, 3.05) is 19.7 Å². The molecule has 5 heteroatoms. The van der Waals surface area contributed by atoms with E-state index in [0.29, 0.717) is 25.3 Å². The van der Waals surface area contributed by atoms with Crippen LogP contribution in [-0.2, 0) is 14.3 Å². The summed E-state index contributed by atoms with van der Waals surface area (Å²) in [5.74, 6) is -0.998. The second kappa shape index (κ2) is 7.73. The van der Waals surface area contributed by atoms with Gasteiger partial charge in [0.2, 0.25) is 5.91 Å². The zero-order valence-corrected chi connectivity index (χ0v) is 12.6. The van der Waals surface area contributed by atoms with Crippen molar-refractivity contribution in [3.63, 3.8) is 0 Å². The predicted molar refractivity (Wildman–Crippen MR) is 81.4 cm³/mol. The molecule has 0 radical (unpaired) electrons. The van der Waals surface area contributed by atoms with Crippen LogP contribution in [-0.4, -0.2) is 36.5 Å². The second-order valence-corrected chi connectivity index (χ2v) is 5.26. The topological polar surface area (TPSA) is 46.6 Å². The molecular formula is C17H20FNO3. The molecule has 0 saturated carbocycles. The zero-order chi connectivity index (χ0) is 15.9. The van der Waals surface area contributed by atoms with Crippen molar-refractivity contribution in [2.45, 2.75) is 19.8 Å². The lowest BCUT2D eigenvalue weighted by molar-refractivity contribution is -0.150. The third kappa shape index (κ3) is 4.41. The Morgan fingerprint density at radius 3 is 3.00 bits per heavy atom. The first-order chi connectivity index (χ1) is 10.6. The third-order valence-electron chi connectivity index (χ3n) is 3.62. The van der Waals surface area contributed by atoms with Gasteiger partial charge in [-0.15, -0.1) is 0 Å². The highest BCUT2D eigenvalue weighted by Crippen LogP contribution is 2.18. The van der Waals surface area contributed by atoms with Gasteiger partial charge >= 0.3 is 5.97 Å². The minimum absolute atomic E-state index is 0.168. The molecule has 0 N–H and O–H groups in total. The van der Waals surface area contributed by atoms with Crippen LogP contribution in [0.3, 0.4) is 0 Å². The summed E-state index contributed by atoms with van der Waals surface area (Å²) in [7, 11) is 0. The number of hydrogen-bond acceptors (Lipinski definition) is 3. The quantitative estimate of drug-likeness (QED) is 0.634. The molecule has 1 unspecified atom stereocenters. The minimum atomic E-state index is -0.338. The molecule has 1 heterocycles. The highest BCUT2D eigenvalue weighted by Gasteiger charge is 2.28. The summed E-state index contributed by atoms with van der Waals surface area (Å²) < 4.78 is 18.1. The van der Waals surface area contributed by atoms with Crippen molar-refractivity contribution in [3.05, 3.63) is 41.7 Å². The fourth-order valence-corrected chi connectivity index (χ4v) is 2.51. The molecule has 1 fully saturated rings. The Labute approximate surface area is 129 Å². The minimum Gasteiger partial charge on any atom is -0.466 e. The molecule has 0 aromatic heterocycles. The molecular weight excluding hydrogens is 285 g/mol. The van der Waals surface area contributed by atoms with Gasteiger partial charge in [0.25, 0.3) is 0 Å². The second-order valence-electron chi connectivity index (χ2n) is 5.26. The number of carbonyl (C=O) groups is 2. The Bertz CT molecular complexity index is 571. The maximum Gasteiger partial charge on any atom is 0.310 e. The van der Waals surface area contributed by atoms with Gasteiger partial charge in [0, 0.05) is 19.2 Å². The van der Waals surface area contributed by atoms with Crippen LogP contribution in [0.1, 0.15) is 25.3 Å². The third-order valence-corrected chi connectivity index (χ3v) is 3.62. The van der Waals surface area contributed by atoms with Gasteiger partial charge in [-0.1, -0.05) is 12.1 Å². The smallest absolute Gasteiger partial charge is 0.310 e. The molecule has 1 amide bonds. The summed E-state index contributed by atoms with van der Waals surface area (Å²) in [6, 6.07) is 6.04. The first kappa shape index (κ1) is 16.2. The number of likely N-dealkylation sites (tertiary alicyclic amines) is 1. The number of ether oxygens (including phenoxy) is 1. The van der Waals surface area contributed by atoms with E-state index in [2.05, 4.69) is 0 Å². The fourth-order valence-electron chi connectivity index (χ4n) is 2.51. The molecule has 118 valence electrons. The molecule has 1 aromatic carbocycles. The van der Waals surface area contributed by atoms with E-state index in [9.17, 15) is 14.0 Å². The van der Waals surface area contributed by atoms with Gasteiger partial charge in [-0.3, -0.25) is 9.59 Å². The number of rotatable bonds is 4. The van der Waals surface area contributed by atoms with Gasteiger partial charge in [0.05, 0.1) is 12.5 Å². The molecule has 2 rings (SSSR count). The fraction of sp³-hybridized carbons (Fsp3) is 0.412. The number of esters is 1. The van der Waals surface area contributed by atoms with E-state index in [0.717, 1.165) is 12.8 Å². The average Bonchev–Trinajstić information content (AvgIpc) is 2.53. The Balaban J connectivity index is 1.95. The Hall–Kier alpha value is -2.17. The molecule has 1 atom stereocenters. The van der Waals surface area contributed by atoms with Gasteiger partial charge < -0.3 is 9.64 Å². The van der Waals surface area contributed by atoms with Gasteiger partial charge in [-0.25, -0.2) is 4.39 Å². The Morgan fingerprint density at radius 2 is 2.27 bits per heavy atom. The van der Waals surface area contributed by atoms with Crippen molar-refractivity contribution >= 4 is 18.0 Å². The molecule has 0 spiro atoms. The summed E-state index contributed by atoms with van der Waals surface area (Å²) in [5, 5.41) is 0. The predicted octanol–water partition coefficient (Wildman–Crippen LogP) is 2.64. The van der Waals surface area contributed by atoms with E-state index < -0.39 is 0 Å². The normalized spacial score (nSPS) is 18.5. The van der Waals surface area contributed by atoms with Crippen LogP contribution in [0.4, 0.5) is 4.39 Å². The van der Waals surface area contributed by atoms with Gasteiger partial charge in [-0.05, 0) is 43.5 Å². The van der Waals surface area contributed by atoms with Gasteiger partial charge in [-0.2, -0.15) is 0 Å². The number of halogens is 1. The maximum absolute atomic E-state index is 13.1. The first-order valence-electron chi connectivity index (χ1n) is 7.49. The van der Waals surface area contributed by atoms with E-state index in [4.69, 9.17) is 4.74 Å². The summed E-state index contributed by atoms with van der Waals surface area (Å²) in [5.41, 5.74) is 0.632. The largest absolute Gasteiger partial charge is 0.466 e. The van der Waals surface area contributed by atoms with Crippen LogP contribution in [0.5, 0.6) is 0 Å². The van der Waals surface area contributed by atoms with Gasteiger partial charge in [0.1, 0.15) is 5.82 Å². The van der Waals surface area contributed by atoms with Crippen molar-refractivity contribution in [1.82, 2.24) is 4.90 Å². The maximum atomic E-state index is 13.1. The van der Waals surface area contributed by atoms with E-state index in [1.54, 1.807) is 30.0 Å². The lowest BCUT2D eigenvalue weighted by Crippen LogP contribution is -2.42. The standard InChI is InChI=1S/C17H20FNO3/c1-2-22-17(21)14-6-4-10-19(12-14)16(20)9-8-13-5-3-7-15(18)11-13/h3,5,7-9,11,14H,2,4,6,10,12H2,1H3. The van der Waals surface area contributed by atoms with Gasteiger partial charge in [0.15, 0.2) is 0 Å². The highest BCUT2D eigenvalue weighted by molar-refractivity contribution is 5.92. The number of piperidine rings is 1. The molecule has 1 aromatic rings. The summed E-state index contributed by atoms with van der Waals surface area (Å²) in [6.07, 6.45) is 4.53. The molecule has 1 aliphatic rings. The van der Waals surface area contributed by atoms with Crippen LogP contribution in [0.2, 0.25) is 0 Å². The van der Waals surface area contributed by atoms with Crippen LogP contribution in [0.15, 0.2) is 30.3 Å². The van der Waals surface area contributed by atoms with Crippen LogP contribution >= 0.6 is 0 Å². The van der Waals surface area contributed by atoms with Crippen LogP contribution < -0.4 is 0 Å². The van der Waals surface area contributed by atoms with Crippen molar-refractivity contribution in [2.24, 2.45) is 5.92 Å². The highest BCUT2D eigenvalue weighted by atomic mass is 19.1. The molecule has 22 heavy (non-hydrogen) atoms. The summed E-state index contributed by atoms with van der Waals surface area (Å²) >= 11 is 0. The number of nitrogens with zero attached hydrogens (tertiary/aromatic N) is 1. The monoisotopic (exact) mass is 305 g/mol. The van der Waals surface area contributed by atoms with E-state index in [-0.39, 0.29) is 23.6 Å². The number of benzene rings is 1. The van der Waals surface area contributed by atoms with Crippen molar-refractivity contribution in [3.8, 4) is 0 Å². The Kier molecular flexibility index (Phi) is 5.69. The van der Waals surface area contributed by atoms with Crippen molar-refractivity contribution in [1.29, 1.82) is 0 Å². The lowest BCUT2D eigenvalue weighted by atomic mass is 9.98. The van der Waals surface area contributed by atoms with E-state index in [1.807, 2.05) is 0 Å².